The van der Waals surface area contributed by atoms with E-state index in [9.17, 15) is 13.2 Å². The first-order valence-electron chi connectivity index (χ1n) is 6.13. The molecule has 0 aliphatic heterocycles. The monoisotopic (exact) mass is 262 g/mol. The van der Waals surface area contributed by atoms with Crippen molar-refractivity contribution in [1.82, 2.24) is 4.98 Å². The molecule has 18 heavy (non-hydrogen) atoms. The third kappa shape index (κ3) is 3.89. The van der Waals surface area contributed by atoms with Crippen LogP contribution in [-0.2, 0) is 12.6 Å². The number of aryl methyl sites for hydroxylation is 1. The molecule has 0 aliphatic rings. The van der Waals surface area contributed by atoms with Crippen molar-refractivity contribution in [2.75, 3.05) is 5.73 Å². The highest BCUT2D eigenvalue weighted by molar-refractivity contribution is 5.44. The Hall–Kier alpha value is -1.26. The summed E-state index contributed by atoms with van der Waals surface area (Å²) in [4.78, 5) is 3.81. The standard InChI is InChI=1S/C11H15F3N2.C2H6/c1-4-7-5-8(15)16-10(6(2)3)9(7)11(12,13)14;1-2/h5-6H,4H2,1-3H3,(H2,15,16);1-2H3. The Balaban J connectivity index is 0.00000137. The second-order valence-corrected chi connectivity index (χ2v) is 3.97. The Morgan fingerprint density at radius 2 is 1.78 bits per heavy atom. The molecule has 104 valence electrons. The Morgan fingerprint density at radius 3 is 2.11 bits per heavy atom. The van der Waals surface area contributed by atoms with Crippen LogP contribution in [-0.4, -0.2) is 4.98 Å². The van der Waals surface area contributed by atoms with E-state index in [1.807, 2.05) is 13.8 Å². The van der Waals surface area contributed by atoms with Crippen LogP contribution in [0.25, 0.3) is 0 Å². The highest BCUT2D eigenvalue weighted by Gasteiger charge is 2.37. The summed E-state index contributed by atoms with van der Waals surface area (Å²) in [5.41, 5.74) is 5.12. The van der Waals surface area contributed by atoms with E-state index in [0.717, 1.165) is 0 Å². The molecule has 0 fully saturated rings. The number of nitrogens with zero attached hydrogens (tertiary/aromatic N) is 1. The number of halogens is 3. The van der Waals surface area contributed by atoms with Gasteiger partial charge in [-0.15, -0.1) is 0 Å². The van der Waals surface area contributed by atoms with Crippen molar-refractivity contribution in [3.8, 4) is 0 Å². The highest BCUT2D eigenvalue weighted by atomic mass is 19.4. The van der Waals surface area contributed by atoms with Crippen molar-refractivity contribution in [2.24, 2.45) is 0 Å². The number of pyridine rings is 1. The van der Waals surface area contributed by atoms with Crippen molar-refractivity contribution >= 4 is 5.82 Å². The lowest BCUT2D eigenvalue weighted by Crippen LogP contribution is -2.16. The van der Waals surface area contributed by atoms with Crippen molar-refractivity contribution in [1.29, 1.82) is 0 Å². The van der Waals surface area contributed by atoms with E-state index in [1.54, 1.807) is 20.8 Å². The van der Waals surface area contributed by atoms with Gasteiger partial charge in [-0.25, -0.2) is 4.98 Å². The minimum absolute atomic E-state index is 0.0318. The van der Waals surface area contributed by atoms with Crippen LogP contribution < -0.4 is 5.73 Å². The van der Waals surface area contributed by atoms with E-state index in [-0.39, 0.29) is 23.0 Å². The summed E-state index contributed by atoms with van der Waals surface area (Å²) in [5, 5.41) is 0. The summed E-state index contributed by atoms with van der Waals surface area (Å²) in [6.07, 6.45) is -4.08. The molecule has 0 saturated carbocycles. The van der Waals surface area contributed by atoms with Crippen LogP contribution in [0.5, 0.6) is 0 Å². The largest absolute Gasteiger partial charge is 0.418 e. The number of alkyl halides is 3. The van der Waals surface area contributed by atoms with Crippen molar-refractivity contribution in [3.63, 3.8) is 0 Å². The average Bonchev–Trinajstić information content (AvgIpc) is 2.28. The van der Waals surface area contributed by atoms with Crippen LogP contribution in [0.4, 0.5) is 19.0 Å². The van der Waals surface area contributed by atoms with Crippen LogP contribution >= 0.6 is 0 Å². The number of nitrogen functional groups attached to an aromatic ring is 1. The zero-order valence-corrected chi connectivity index (χ0v) is 11.5. The topological polar surface area (TPSA) is 38.9 Å². The van der Waals surface area contributed by atoms with Gasteiger partial charge in [0.1, 0.15) is 5.82 Å². The van der Waals surface area contributed by atoms with Crippen LogP contribution in [0, 0.1) is 0 Å². The third-order valence-electron chi connectivity index (χ3n) is 2.36. The minimum atomic E-state index is -4.37. The molecule has 5 heteroatoms. The number of hydrogen-bond acceptors (Lipinski definition) is 2. The first kappa shape index (κ1) is 16.7. The van der Waals surface area contributed by atoms with E-state index in [2.05, 4.69) is 4.98 Å². The summed E-state index contributed by atoms with van der Waals surface area (Å²) in [7, 11) is 0. The molecule has 1 aromatic heterocycles. The Morgan fingerprint density at radius 1 is 1.28 bits per heavy atom. The Kier molecular flexibility index (Phi) is 6.15. The summed E-state index contributed by atoms with van der Waals surface area (Å²) in [5.74, 6) is -0.154. The lowest BCUT2D eigenvalue weighted by molar-refractivity contribution is -0.139. The fourth-order valence-electron chi connectivity index (χ4n) is 1.67. The normalized spacial score (nSPS) is 11.2. The summed E-state index contributed by atoms with van der Waals surface area (Å²) < 4.78 is 38.7. The van der Waals surface area contributed by atoms with Crippen molar-refractivity contribution in [2.45, 2.75) is 53.1 Å². The molecule has 0 bridgehead atoms. The number of hydrogen-bond donors (Lipinski definition) is 1. The van der Waals surface area contributed by atoms with Gasteiger partial charge in [-0.05, 0) is 24.0 Å². The second kappa shape index (κ2) is 6.61. The lowest BCUT2D eigenvalue weighted by atomic mass is 9.97. The summed E-state index contributed by atoms with van der Waals surface area (Å²) >= 11 is 0. The van der Waals surface area contributed by atoms with Gasteiger partial charge in [0.05, 0.1) is 11.3 Å². The van der Waals surface area contributed by atoms with Gasteiger partial charge < -0.3 is 5.73 Å². The molecular weight excluding hydrogens is 241 g/mol. The molecule has 2 N–H and O–H groups in total. The van der Waals surface area contributed by atoms with Crippen molar-refractivity contribution < 1.29 is 13.2 Å². The van der Waals surface area contributed by atoms with E-state index in [1.165, 1.54) is 6.07 Å². The first-order valence-corrected chi connectivity index (χ1v) is 6.13. The molecular formula is C13H21F3N2. The predicted molar refractivity (Wildman–Crippen MR) is 68.5 cm³/mol. The van der Waals surface area contributed by atoms with Crippen molar-refractivity contribution in [3.05, 3.63) is 22.9 Å². The second-order valence-electron chi connectivity index (χ2n) is 3.97. The minimum Gasteiger partial charge on any atom is -0.384 e. The molecule has 0 unspecified atom stereocenters. The van der Waals surface area contributed by atoms with E-state index >= 15 is 0 Å². The molecule has 0 aliphatic carbocycles. The van der Waals surface area contributed by atoms with Gasteiger partial charge in [0.2, 0.25) is 0 Å². The third-order valence-corrected chi connectivity index (χ3v) is 2.36. The van der Waals surface area contributed by atoms with Gasteiger partial charge in [0.25, 0.3) is 0 Å². The summed E-state index contributed by atoms with van der Waals surface area (Å²) in [6, 6.07) is 1.30. The lowest BCUT2D eigenvalue weighted by Gasteiger charge is -2.18. The number of rotatable bonds is 2. The maximum Gasteiger partial charge on any atom is 0.418 e. The Bertz CT molecular complexity index is 385. The van der Waals surface area contributed by atoms with Gasteiger partial charge >= 0.3 is 6.18 Å². The number of anilines is 1. The van der Waals surface area contributed by atoms with Crippen LogP contribution in [0.15, 0.2) is 6.07 Å². The SMILES string of the molecule is CC.CCc1cc(N)nc(C(C)C)c1C(F)(F)F. The molecule has 0 atom stereocenters. The van der Waals surface area contributed by atoms with Gasteiger partial charge in [0, 0.05) is 0 Å². The average molecular weight is 262 g/mol. The molecule has 0 amide bonds. The zero-order chi connectivity index (χ0) is 14.5. The van der Waals surface area contributed by atoms with Crippen LogP contribution in [0.1, 0.15) is 57.4 Å². The highest BCUT2D eigenvalue weighted by Crippen LogP contribution is 2.37. The van der Waals surface area contributed by atoms with E-state index in [0.29, 0.717) is 6.42 Å². The molecule has 1 rings (SSSR count). The molecule has 0 saturated heterocycles. The first-order chi connectivity index (χ1) is 8.27. The maximum atomic E-state index is 12.9. The number of aromatic nitrogens is 1. The molecule has 1 heterocycles. The predicted octanol–water partition coefficient (Wildman–Crippen LogP) is 4.39. The molecule has 0 aromatic carbocycles. The van der Waals surface area contributed by atoms with Crippen LogP contribution in [0.3, 0.4) is 0 Å². The fourth-order valence-corrected chi connectivity index (χ4v) is 1.67. The molecule has 0 radical (unpaired) electrons. The summed E-state index contributed by atoms with van der Waals surface area (Å²) in [6.45, 7) is 9.03. The zero-order valence-electron chi connectivity index (χ0n) is 11.5. The van der Waals surface area contributed by atoms with E-state index < -0.39 is 11.7 Å². The van der Waals surface area contributed by atoms with Gasteiger partial charge in [0.15, 0.2) is 0 Å². The molecule has 2 nitrogen and oxygen atoms in total. The maximum absolute atomic E-state index is 12.9. The molecule has 1 aromatic rings. The fraction of sp³-hybridized carbons (Fsp3) is 0.615. The van der Waals surface area contributed by atoms with Gasteiger partial charge in [-0.2, -0.15) is 13.2 Å². The Labute approximate surface area is 106 Å². The van der Waals surface area contributed by atoms with Gasteiger partial charge in [-0.1, -0.05) is 34.6 Å². The van der Waals surface area contributed by atoms with E-state index in [4.69, 9.17) is 5.73 Å². The molecule has 0 spiro atoms. The van der Waals surface area contributed by atoms with Crippen LogP contribution in [0.2, 0.25) is 0 Å². The quantitative estimate of drug-likeness (QED) is 0.858. The van der Waals surface area contributed by atoms with Gasteiger partial charge in [-0.3, -0.25) is 0 Å². The number of nitrogens with two attached hydrogens (primary N) is 1. The smallest absolute Gasteiger partial charge is 0.384 e.